The molecule has 0 spiro atoms. The Morgan fingerprint density at radius 1 is 1.24 bits per heavy atom. The molecule has 3 nitrogen and oxygen atoms in total. The number of nitrogens with one attached hydrogen (secondary N) is 1. The van der Waals surface area contributed by atoms with E-state index in [2.05, 4.69) is 5.32 Å². The van der Waals surface area contributed by atoms with E-state index < -0.39 is 0 Å². The Hall–Kier alpha value is -2.26. The van der Waals surface area contributed by atoms with Crippen molar-refractivity contribution in [2.24, 2.45) is 0 Å². The average molecular weight is 300 g/mol. The van der Waals surface area contributed by atoms with Gasteiger partial charge in [-0.05, 0) is 42.8 Å². The summed E-state index contributed by atoms with van der Waals surface area (Å²) in [6, 6.07) is 13.1. The summed E-state index contributed by atoms with van der Waals surface area (Å²) >= 11 is 5.99. The highest BCUT2D eigenvalue weighted by Gasteiger charge is 2.11. The number of rotatable bonds is 3. The first-order valence-electron chi connectivity index (χ1n) is 6.64. The highest BCUT2D eigenvalue weighted by molar-refractivity contribution is 6.31. The van der Waals surface area contributed by atoms with Crippen LogP contribution in [0.15, 0.2) is 53.1 Å². The van der Waals surface area contributed by atoms with Crippen LogP contribution in [0.4, 0.5) is 5.69 Å². The molecule has 0 saturated heterocycles. The maximum atomic E-state index is 12.1. The van der Waals surface area contributed by atoms with E-state index in [1.807, 2.05) is 37.3 Å². The Balaban J connectivity index is 1.79. The summed E-state index contributed by atoms with van der Waals surface area (Å²) in [5.74, 6) is -0.0803. The molecule has 3 aromatic rings. The summed E-state index contributed by atoms with van der Waals surface area (Å²) in [7, 11) is 0. The predicted octanol–water partition coefficient (Wildman–Crippen LogP) is 4.58. The first-order valence-corrected chi connectivity index (χ1v) is 7.02. The van der Waals surface area contributed by atoms with Crippen LogP contribution in [-0.2, 0) is 11.2 Å². The van der Waals surface area contributed by atoms with E-state index >= 15 is 0 Å². The van der Waals surface area contributed by atoms with Gasteiger partial charge in [0.2, 0.25) is 5.91 Å². The highest BCUT2D eigenvalue weighted by Crippen LogP contribution is 2.25. The van der Waals surface area contributed by atoms with Crippen LogP contribution in [0.3, 0.4) is 0 Å². The molecular weight excluding hydrogens is 286 g/mol. The summed E-state index contributed by atoms with van der Waals surface area (Å²) in [5.41, 5.74) is 3.47. The lowest BCUT2D eigenvalue weighted by Gasteiger charge is -2.05. The standard InChI is InChI=1S/C17H14ClNO2/c1-11-3-2-4-14(7-11)19-17(20)8-12-10-21-16-6-5-13(18)9-15(12)16/h2-7,9-10H,8H2,1H3,(H,19,20). The quantitative estimate of drug-likeness (QED) is 0.769. The van der Waals surface area contributed by atoms with Gasteiger partial charge in [-0.15, -0.1) is 0 Å². The van der Waals surface area contributed by atoms with Crippen LogP contribution >= 0.6 is 11.6 Å². The van der Waals surface area contributed by atoms with Crippen LogP contribution in [0.25, 0.3) is 11.0 Å². The molecule has 1 amide bonds. The number of amides is 1. The zero-order valence-corrected chi connectivity index (χ0v) is 12.3. The first kappa shape index (κ1) is 13.7. The SMILES string of the molecule is Cc1cccc(NC(=O)Cc2coc3ccc(Cl)cc23)c1. The van der Waals surface area contributed by atoms with Gasteiger partial charge in [0.1, 0.15) is 5.58 Å². The Bertz CT molecular complexity index is 807. The molecule has 1 heterocycles. The number of carbonyl (C=O) groups is 1. The number of hydrogen-bond donors (Lipinski definition) is 1. The number of furan rings is 1. The van der Waals surface area contributed by atoms with Crippen molar-refractivity contribution in [3.63, 3.8) is 0 Å². The number of anilines is 1. The van der Waals surface area contributed by atoms with Crippen LogP contribution in [0, 0.1) is 6.92 Å². The fourth-order valence-electron chi connectivity index (χ4n) is 2.29. The average Bonchev–Trinajstić information content (AvgIpc) is 2.81. The van der Waals surface area contributed by atoms with E-state index in [4.69, 9.17) is 16.0 Å². The lowest BCUT2D eigenvalue weighted by molar-refractivity contribution is -0.115. The molecule has 106 valence electrons. The van der Waals surface area contributed by atoms with E-state index in [0.29, 0.717) is 5.02 Å². The maximum Gasteiger partial charge on any atom is 0.228 e. The molecule has 1 N–H and O–H groups in total. The molecule has 0 radical (unpaired) electrons. The lowest BCUT2D eigenvalue weighted by Crippen LogP contribution is -2.14. The van der Waals surface area contributed by atoms with Gasteiger partial charge in [0, 0.05) is 21.7 Å². The van der Waals surface area contributed by atoms with Gasteiger partial charge in [-0.3, -0.25) is 4.79 Å². The summed E-state index contributed by atoms with van der Waals surface area (Å²) in [4.78, 5) is 12.1. The van der Waals surface area contributed by atoms with Gasteiger partial charge >= 0.3 is 0 Å². The molecule has 0 fully saturated rings. The van der Waals surface area contributed by atoms with E-state index in [0.717, 1.165) is 27.8 Å². The fraction of sp³-hybridized carbons (Fsp3) is 0.118. The third kappa shape index (κ3) is 3.09. The number of halogens is 1. The minimum atomic E-state index is -0.0803. The van der Waals surface area contributed by atoms with Crippen LogP contribution < -0.4 is 5.32 Å². The van der Waals surface area contributed by atoms with Crippen molar-refractivity contribution in [1.29, 1.82) is 0 Å². The minimum absolute atomic E-state index is 0.0803. The molecule has 0 aliphatic heterocycles. The van der Waals surface area contributed by atoms with Crippen LogP contribution in [0.2, 0.25) is 5.02 Å². The Morgan fingerprint density at radius 2 is 2.10 bits per heavy atom. The second-order valence-corrected chi connectivity index (χ2v) is 5.43. The van der Waals surface area contributed by atoms with Crippen molar-refractivity contribution >= 4 is 34.2 Å². The molecular formula is C17H14ClNO2. The molecule has 0 aliphatic carbocycles. The maximum absolute atomic E-state index is 12.1. The van der Waals surface area contributed by atoms with E-state index in [9.17, 15) is 4.79 Å². The number of fused-ring (bicyclic) bond motifs is 1. The number of aryl methyl sites for hydroxylation is 1. The van der Waals surface area contributed by atoms with Crippen molar-refractivity contribution in [1.82, 2.24) is 0 Å². The molecule has 0 bridgehead atoms. The topological polar surface area (TPSA) is 42.2 Å². The summed E-state index contributed by atoms with van der Waals surface area (Å²) in [6.45, 7) is 1.99. The minimum Gasteiger partial charge on any atom is -0.464 e. The fourth-order valence-corrected chi connectivity index (χ4v) is 2.46. The third-order valence-corrected chi connectivity index (χ3v) is 3.50. The van der Waals surface area contributed by atoms with Gasteiger partial charge in [-0.1, -0.05) is 23.7 Å². The number of hydrogen-bond acceptors (Lipinski definition) is 2. The Kier molecular flexibility index (Phi) is 3.67. The van der Waals surface area contributed by atoms with Crippen LogP contribution in [-0.4, -0.2) is 5.91 Å². The molecule has 0 unspecified atom stereocenters. The number of carbonyl (C=O) groups excluding carboxylic acids is 1. The van der Waals surface area contributed by atoms with Gasteiger partial charge in [-0.2, -0.15) is 0 Å². The second kappa shape index (κ2) is 5.62. The zero-order valence-electron chi connectivity index (χ0n) is 11.5. The molecule has 2 aromatic carbocycles. The Morgan fingerprint density at radius 3 is 2.90 bits per heavy atom. The van der Waals surface area contributed by atoms with Crippen molar-refractivity contribution < 1.29 is 9.21 Å². The molecule has 0 atom stereocenters. The van der Waals surface area contributed by atoms with E-state index in [-0.39, 0.29) is 12.3 Å². The van der Waals surface area contributed by atoms with Gasteiger partial charge in [0.15, 0.2) is 0 Å². The van der Waals surface area contributed by atoms with E-state index in [1.54, 1.807) is 18.4 Å². The van der Waals surface area contributed by atoms with E-state index in [1.165, 1.54) is 0 Å². The lowest BCUT2D eigenvalue weighted by atomic mass is 10.1. The van der Waals surface area contributed by atoms with Crippen molar-refractivity contribution in [2.45, 2.75) is 13.3 Å². The van der Waals surface area contributed by atoms with Gasteiger partial charge < -0.3 is 9.73 Å². The molecule has 21 heavy (non-hydrogen) atoms. The molecule has 4 heteroatoms. The van der Waals surface area contributed by atoms with Gasteiger partial charge in [0.25, 0.3) is 0 Å². The van der Waals surface area contributed by atoms with Crippen molar-refractivity contribution in [3.05, 3.63) is 64.9 Å². The smallest absolute Gasteiger partial charge is 0.228 e. The summed E-state index contributed by atoms with van der Waals surface area (Å²) < 4.78 is 5.44. The molecule has 1 aromatic heterocycles. The molecule has 0 saturated carbocycles. The van der Waals surface area contributed by atoms with Gasteiger partial charge in [0.05, 0.1) is 12.7 Å². The summed E-state index contributed by atoms with van der Waals surface area (Å²) in [5, 5.41) is 4.39. The zero-order chi connectivity index (χ0) is 14.8. The predicted molar refractivity (Wildman–Crippen MR) is 84.7 cm³/mol. The second-order valence-electron chi connectivity index (χ2n) is 5.00. The van der Waals surface area contributed by atoms with Crippen LogP contribution in [0.1, 0.15) is 11.1 Å². The van der Waals surface area contributed by atoms with Crippen molar-refractivity contribution in [3.8, 4) is 0 Å². The largest absolute Gasteiger partial charge is 0.464 e. The normalized spacial score (nSPS) is 10.8. The van der Waals surface area contributed by atoms with Gasteiger partial charge in [-0.25, -0.2) is 0 Å². The summed E-state index contributed by atoms with van der Waals surface area (Å²) in [6.07, 6.45) is 1.86. The Labute approximate surface area is 127 Å². The van der Waals surface area contributed by atoms with Crippen LogP contribution in [0.5, 0.6) is 0 Å². The monoisotopic (exact) mass is 299 g/mol. The third-order valence-electron chi connectivity index (χ3n) is 3.27. The first-order chi connectivity index (χ1) is 10.1. The van der Waals surface area contributed by atoms with Crippen molar-refractivity contribution in [2.75, 3.05) is 5.32 Å². The number of benzene rings is 2. The molecule has 3 rings (SSSR count). The molecule has 0 aliphatic rings. The highest BCUT2D eigenvalue weighted by atomic mass is 35.5.